The van der Waals surface area contributed by atoms with E-state index >= 15 is 0 Å². The molecule has 2 amide bonds. The van der Waals surface area contributed by atoms with E-state index < -0.39 is 23.2 Å². The molecule has 2 aliphatic carbocycles. The van der Waals surface area contributed by atoms with Crippen LogP contribution in [0.5, 0.6) is 5.88 Å². The van der Waals surface area contributed by atoms with Crippen LogP contribution in [0.3, 0.4) is 0 Å². The highest BCUT2D eigenvalue weighted by Crippen LogP contribution is 2.44. The zero-order valence-electron chi connectivity index (χ0n) is 25.7. The summed E-state index contributed by atoms with van der Waals surface area (Å²) < 4.78 is 21.3. The van der Waals surface area contributed by atoms with E-state index in [9.17, 15) is 18.8 Å². The lowest BCUT2D eigenvalue weighted by Crippen LogP contribution is -2.61. The van der Waals surface area contributed by atoms with Gasteiger partial charge in [0.25, 0.3) is 11.8 Å². The first-order valence-corrected chi connectivity index (χ1v) is 15.5. The standard InChI is InChI=1S/C34H35FN6O5/c1-3-46-32-25(13-14-28(42)43)37-19-27(38-32)39-33(45)34(15-6-16-34)40-31(44)21-9-11-23-26(17-21)41(2)30(24-12-10-22(35)18-36-24)29(23)20-7-4-5-8-20/h9-14,17-20H,3-8,15-16H2,1-2H3,(H,40,44)(H,42,43)(H,38,39,45)/b14-13+. The van der Waals surface area contributed by atoms with Crippen LogP contribution in [-0.4, -0.2) is 54.6 Å². The number of carboxylic acid groups (broad SMARTS) is 1. The molecule has 0 aliphatic heterocycles. The third-order valence-electron chi connectivity index (χ3n) is 8.90. The van der Waals surface area contributed by atoms with Gasteiger partial charge in [0, 0.05) is 29.6 Å². The topological polar surface area (TPSA) is 148 Å². The number of nitrogens with zero attached hydrogens (tertiary/aromatic N) is 4. The maximum atomic E-state index is 13.7. The Balaban J connectivity index is 1.26. The molecule has 6 rings (SSSR count). The smallest absolute Gasteiger partial charge is 0.328 e. The van der Waals surface area contributed by atoms with E-state index in [4.69, 9.17) is 9.84 Å². The van der Waals surface area contributed by atoms with Crippen LogP contribution in [0.25, 0.3) is 28.4 Å². The van der Waals surface area contributed by atoms with E-state index in [1.54, 1.807) is 19.1 Å². The maximum Gasteiger partial charge on any atom is 0.328 e. The number of rotatable bonds is 10. The van der Waals surface area contributed by atoms with Crippen LogP contribution in [0.4, 0.5) is 10.2 Å². The van der Waals surface area contributed by atoms with Crippen molar-refractivity contribution in [2.75, 3.05) is 11.9 Å². The van der Waals surface area contributed by atoms with Gasteiger partial charge in [-0.15, -0.1) is 0 Å². The number of aryl methyl sites for hydroxylation is 1. The number of hydrogen-bond acceptors (Lipinski definition) is 7. The summed E-state index contributed by atoms with van der Waals surface area (Å²) in [4.78, 5) is 51.0. The number of anilines is 1. The molecule has 0 saturated heterocycles. The number of benzene rings is 1. The van der Waals surface area contributed by atoms with E-state index in [1.165, 1.54) is 30.1 Å². The number of aliphatic carboxylic acids is 1. The molecular weight excluding hydrogens is 591 g/mol. The van der Waals surface area contributed by atoms with Crippen LogP contribution >= 0.6 is 0 Å². The summed E-state index contributed by atoms with van der Waals surface area (Å²) in [6.07, 6.45) is 10.8. The fraction of sp³-hybridized carbons (Fsp3) is 0.353. The molecule has 4 aromatic rings. The molecule has 2 fully saturated rings. The van der Waals surface area contributed by atoms with Gasteiger partial charge in [-0.1, -0.05) is 18.9 Å². The third-order valence-corrected chi connectivity index (χ3v) is 8.90. The largest absolute Gasteiger partial charge is 0.478 e. The van der Waals surface area contributed by atoms with Crippen molar-refractivity contribution in [1.29, 1.82) is 0 Å². The van der Waals surface area contributed by atoms with Gasteiger partial charge >= 0.3 is 5.97 Å². The predicted octanol–water partition coefficient (Wildman–Crippen LogP) is 5.61. The summed E-state index contributed by atoms with van der Waals surface area (Å²) in [5, 5.41) is 15.7. The summed E-state index contributed by atoms with van der Waals surface area (Å²) in [6, 6.07) is 8.68. The molecule has 3 heterocycles. The van der Waals surface area contributed by atoms with Crippen molar-refractivity contribution in [3.8, 4) is 17.3 Å². The quantitative estimate of drug-likeness (QED) is 0.192. The number of amides is 2. The fourth-order valence-electron chi connectivity index (χ4n) is 6.47. The number of pyridine rings is 1. The highest BCUT2D eigenvalue weighted by atomic mass is 19.1. The van der Waals surface area contributed by atoms with Crippen LogP contribution < -0.4 is 15.4 Å². The summed E-state index contributed by atoms with van der Waals surface area (Å²) in [7, 11) is 1.93. The van der Waals surface area contributed by atoms with E-state index in [0.717, 1.165) is 54.8 Å². The van der Waals surface area contributed by atoms with E-state index in [-0.39, 0.29) is 29.9 Å². The molecule has 12 heteroatoms. The average Bonchev–Trinajstić information content (AvgIpc) is 3.65. The van der Waals surface area contributed by atoms with Gasteiger partial charge in [0.1, 0.15) is 17.1 Å². The number of hydrogen-bond donors (Lipinski definition) is 3. The Hall–Kier alpha value is -5.13. The summed E-state index contributed by atoms with van der Waals surface area (Å²) >= 11 is 0. The summed E-state index contributed by atoms with van der Waals surface area (Å²) in [5.41, 5.74) is 3.13. The summed E-state index contributed by atoms with van der Waals surface area (Å²) in [6.45, 7) is 2.01. The lowest BCUT2D eigenvalue weighted by Gasteiger charge is -2.40. The fourth-order valence-corrected chi connectivity index (χ4v) is 6.47. The molecule has 3 N–H and O–H groups in total. The number of aromatic nitrogens is 4. The Morgan fingerprint density at radius 1 is 1.11 bits per heavy atom. The van der Waals surface area contributed by atoms with Crippen LogP contribution in [0, 0.1) is 5.82 Å². The molecular formula is C34H35FN6O5. The molecule has 3 aromatic heterocycles. The third kappa shape index (κ3) is 5.94. The van der Waals surface area contributed by atoms with Gasteiger partial charge in [-0.05, 0) is 80.9 Å². The zero-order valence-corrected chi connectivity index (χ0v) is 25.7. The molecule has 0 spiro atoms. The highest BCUT2D eigenvalue weighted by Gasteiger charge is 2.46. The maximum absolute atomic E-state index is 13.7. The Bertz CT molecular complexity index is 1840. The van der Waals surface area contributed by atoms with Crippen molar-refractivity contribution < 1.29 is 28.6 Å². The van der Waals surface area contributed by atoms with Gasteiger partial charge in [0.2, 0.25) is 5.88 Å². The SMILES string of the molecule is CCOc1nc(NC(=O)C2(NC(=O)c3ccc4c(C5CCCC5)c(-c5ccc(F)cn5)n(C)c4c3)CCC2)cnc1/C=C/C(=O)O. The zero-order chi connectivity index (χ0) is 32.4. The number of carbonyl (C=O) groups excluding carboxylic acids is 2. The van der Waals surface area contributed by atoms with Crippen LogP contribution in [-0.2, 0) is 16.6 Å². The number of nitrogens with one attached hydrogen (secondary N) is 2. The van der Waals surface area contributed by atoms with Gasteiger partial charge in [-0.3, -0.25) is 14.6 Å². The predicted molar refractivity (Wildman–Crippen MR) is 170 cm³/mol. The molecule has 1 aromatic carbocycles. The number of carboxylic acids is 1. The first kappa shape index (κ1) is 30.9. The monoisotopic (exact) mass is 626 g/mol. The second kappa shape index (κ2) is 12.7. The number of halogens is 1. The van der Waals surface area contributed by atoms with Crippen molar-refractivity contribution >= 4 is 40.6 Å². The number of ether oxygens (including phenoxy) is 1. The molecule has 0 atom stereocenters. The van der Waals surface area contributed by atoms with Crippen LogP contribution in [0.15, 0.2) is 48.8 Å². The van der Waals surface area contributed by atoms with Crippen LogP contribution in [0.2, 0.25) is 0 Å². The minimum Gasteiger partial charge on any atom is -0.478 e. The Morgan fingerprint density at radius 2 is 1.89 bits per heavy atom. The number of carbonyl (C=O) groups is 3. The first-order chi connectivity index (χ1) is 22.2. The molecule has 0 bridgehead atoms. The Labute approximate surface area is 264 Å². The number of fused-ring (bicyclic) bond motifs is 1. The van der Waals surface area contributed by atoms with Crippen molar-refractivity contribution in [2.45, 2.75) is 63.3 Å². The van der Waals surface area contributed by atoms with E-state index in [1.807, 2.05) is 23.7 Å². The molecule has 238 valence electrons. The molecule has 46 heavy (non-hydrogen) atoms. The minimum absolute atomic E-state index is 0.0764. The van der Waals surface area contributed by atoms with Gasteiger partial charge in [-0.2, -0.15) is 4.98 Å². The molecule has 11 nitrogen and oxygen atoms in total. The molecule has 0 unspecified atom stereocenters. The molecule has 2 saturated carbocycles. The van der Waals surface area contributed by atoms with Gasteiger partial charge < -0.3 is 25.0 Å². The van der Waals surface area contributed by atoms with Crippen molar-refractivity contribution in [1.82, 2.24) is 24.8 Å². The molecule has 0 radical (unpaired) electrons. The average molecular weight is 627 g/mol. The Morgan fingerprint density at radius 3 is 2.54 bits per heavy atom. The van der Waals surface area contributed by atoms with Gasteiger partial charge in [0.05, 0.1) is 30.4 Å². The Kier molecular flexibility index (Phi) is 8.53. The second-order valence-electron chi connectivity index (χ2n) is 11.8. The minimum atomic E-state index is -1.14. The highest BCUT2D eigenvalue weighted by molar-refractivity contribution is 6.05. The van der Waals surface area contributed by atoms with Crippen molar-refractivity contribution in [2.24, 2.45) is 7.05 Å². The van der Waals surface area contributed by atoms with Crippen LogP contribution in [0.1, 0.15) is 79.4 Å². The van der Waals surface area contributed by atoms with Gasteiger partial charge in [-0.25, -0.2) is 14.2 Å². The normalized spacial score (nSPS) is 16.0. The molecule has 2 aliphatic rings. The van der Waals surface area contributed by atoms with Crippen molar-refractivity contribution in [3.63, 3.8) is 0 Å². The second-order valence-corrected chi connectivity index (χ2v) is 11.8. The van der Waals surface area contributed by atoms with Gasteiger partial charge in [0.15, 0.2) is 5.82 Å². The van der Waals surface area contributed by atoms with E-state index in [0.29, 0.717) is 30.0 Å². The van der Waals surface area contributed by atoms with E-state index in [2.05, 4.69) is 25.6 Å². The lowest BCUT2D eigenvalue weighted by molar-refractivity contribution is -0.131. The first-order valence-electron chi connectivity index (χ1n) is 15.5. The van der Waals surface area contributed by atoms with Crippen molar-refractivity contribution in [3.05, 3.63) is 71.4 Å². The lowest BCUT2D eigenvalue weighted by atomic mass is 9.75. The summed E-state index contributed by atoms with van der Waals surface area (Å²) in [5.74, 6) is -1.80.